The lowest BCUT2D eigenvalue weighted by Crippen LogP contribution is -2.32. The molecule has 4 N–H and O–H groups in total. The Balaban J connectivity index is 2.15. The van der Waals surface area contributed by atoms with Crippen LogP contribution in [-0.2, 0) is 14.5 Å². The fourth-order valence-corrected chi connectivity index (χ4v) is 4.42. The van der Waals surface area contributed by atoms with Gasteiger partial charge in [-0.1, -0.05) is 24.3 Å². The molecule has 1 heterocycles. The summed E-state index contributed by atoms with van der Waals surface area (Å²) in [5, 5.41) is 8.75. The van der Waals surface area contributed by atoms with Gasteiger partial charge in [0.05, 0.1) is 19.2 Å². The third kappa shape index (κ3) is 7.21. The van der Waals surface area contributed by atoms with E-state index >= 15 is 0 Å². The topological polar surface area (TPSA) is 126 Å². The summed E-state index contributed by atoms with van der Waals surface area (Å²) < 4.78 is 66.1. The number of aromatic nitrogens is 1. The Hall–Kier alpha value is -2.66. The van der Waals surface area contributed by atoms with Crippen molar-refractivity contribution in [3.63, 3.8) is 0 Å². The molecule has 0 aliphatic heterocycles. The minimum absolute atomic E-state index is 0.00968. The zero-order valence-electron chi connectivity index (χ0n) is 16.8. The zero-order valence-corrected chi connectivity index (χ0v) is 17.6. The van der Waals surface area contributed by atoms with Gasteiger partial charge in [0, 0.05) is 33.0 Å². The minimum Gasteiger partial charge on any atom is -0.495 e. The summed E-state index contributed by atoms with van der Waals surface area (Å²) in [5.41, 5.74) is 6.64. The number of hydrogen-bond acceptors (Lipinski definition) is 6. The number of halogens is 3. The zero-order chi connectivity index (χ0) is 23.2. The van der Waals surface area contributed by atoms with Crippen LogP contribution in [0, 0.1) is 4.78 Å². The molecule has 0 amide bonds. The molecule has 2 aromatic rings. The number of nitrogens with one attached hydrogen (secondary N) is 1. The largest absolute Gasteiger partial charge is 0.495 e. The predicted octanol–water partition coefficient (Wildman–Crippen LogP) is 3.64. The summed E-state index contributed by atoms with van der Waals surface area (Å²) in [5.74, 6) is -3.57. The van der Waals surface area contributed by atoms with E-state index in [4.69, 9.17) is 20.4 Å². The molecule has 0 spiro atoms. The summed E-state index contributed by atoms with van der Waals surface area (Å²) in [6, 6.07) is 6.17. The first-order valence-corrected chi connectivity index (χ1v) is 11.2. The van der Waals surface area contributed by atoms with E-state index in [1.807, 2.05) is 0 Å². The number of carboxylic acid groups (broad SMARTS) is 1. The van der Waals surface area contributed by atoms with Crippen molar-refractivity contribution in [3.8, 4) is 16.9 Å². The molecular formula is C20H24F3N3O4S. The number of hydrogen-bond donors (Lipinski definition) is 3. The number of methoxy groups -OCH3 is 1. The maximum absolute atomic E-state index is 13.6. The third-order valence-corrected chi connectivity index (χ3v) is 6.59. The standard InChI is InChI=1S/C20H24F3N3O4S/c1-30-16-10-15(11-26-12-16)13-2-4-14(5-3-13)17(20(21,22)23)6-8-31(25,29)9-7-18(24)19(27)28/h2-5,10-12,17-18,25H,6-9,24H2,1H3,(H,27,28)/t17?,18-,31?/m0/s1. The lowest BCUT2D eigenvalue weighted by molar-refractivity contribution is -0.150. The van der Waals surface area contributed by atoms with Crippen molar-refractivity contribution in [1.29, 1.82) is 4.78 Å². The smallest absolute Gasteiger partial charge is 0.395 e. The first-order valence-electron chi connectivity index (χ1n) is 9.31. The van der Waals surface area contributed by atoms with Crippen molar-refractivity contribution in [2.24, 2.45) is 5.73 Å². The van der Waals surface area contributed by atoms with Gasteiger partial charge < -0.3 is 15.6 Å². The molecule has 2 unspecified atom stereocenters. The lowest BCUT2D eigenvalue weighted by Gasteiger charge is -2.22. The van der Waals surface area contributed by atoms with Crippen LogP contribution in [0.25, 0.3) is 11.1 Å². The Bertz CT molecular complexity index is 995. The van der Waals surface area contributed by atoms with Crippen LogP contribution in [0.4, 0.5) is 13.2 Å². The van der Waals surface area contributed by atoms with E-state index in [0.717, 1.165) is 0 Å². The number of carboxylic acids is 1. The number of ether oxygens (including phenoxy) is 1. The molecule has 0 fully saturated rings. The molecule has 1 aromatic carbocycles. The number of rotatable bonds is 10. The van der Waals surface area contributed by atoms with E-state index in [9.17, 15) is 22.2 Å². The van der Waals surface area contributed by atoms with Crippen LogP contribution < -0.4 is 10.5 Å². The number of nitrogens with two attached hydrogens (primary N) is 1. The molecule has 0 aliphatic carbocycles. The van der Waals surface area contributed by atoms with E-state index < -0.39 is 46.0 Å². The Kier molecular flexibility index (Phi) is 8.02. The number of alkyl halides is 3. The normalized spacial score (nSPS) is 15.6. The van der Waals surface area contributed by atoms with Gasteiger partial charge in [-0.15, -0.1) is 0 Å². The molecule has 0 bridgehead atoms. The monoisotopic (exact) mass is 459 g/mol. The Morgan fingerprint density at radius 2 is 1.81 bits per heavy atom. The van der Waals surface area contributed by atoms with Crippen LogP contribution in [0.2, 0.25) is 0 Å². The molecule has 7 nitrogen and oxygen atoms in total. The first kappa shape index (κ1) is 24.6. The van der Waals surface area contributed by atoms with E-state index in [1.54, 1.807) is 12.3 Å². The Labute approximate surface area is 178 Å². The van der Waals surface area contributed by atoms with Gasteiger partial charge in [-0.3, -0.25) is 14.6 Å². The molecule has 2 rings (SSSR count). The van der Waals surface area contributed by atoms with Gasteiger partial charge in [-0.05, 0) is 30.0 Å². The Morgan fingerprint density at radius 3 is 2.35 bits per heavy atom. The molecule has 0 radical (unpaired) electrons. The van der Waals surface area contributed by atoms with Crippen molar-refractivity contribution in [2.45, 2.75) is 31.0 Å². The average Bonchev–Trinajstić information content (AvgIpc) is 2.71. The number of nitrogens with zero attached hydrogens (tertiary/aromatic N) is 1. The van der Waals surface area contributed by atoms with Crippen LogP contribution >= 0.6 is 0 Å². The highest BCUT2D eigenvalue weighted by atomic mass is 32.2. The maximum Gasteiger partial charge on any atom is 0.395 e. The number of pyridine rings is 1. The van der Waals surface area contributed by atoms with Gasteiger partial charge >= 0.3 is 12.1 Å². The van der Waals surface area contributed by atoms with Gasteiger partial charge in [0.15, 0.2) is 0 Å². The van der Waals surface area contributed by atoms with E-state index in [-0.39, 0.29) is 17.7 Å². The molecule has 170 valence electrons. The van der Waals surface area contributed by atoms with Crippen LogP contribution in [0.15, 0.2) is 42.7 Å². The van der Waals surface area contributed by atoms with Crippen molar-refractivity contribution in [1.82, 2.24) is 4.98 Å². The average molecular weight is 459 g/mol. The summed E-state index contributed by atoms with van der Waals surface area (Å²) in [6.07, 6.45) is -2.30. The Morgan fingerprint density at radius 1 is 1.19 bits per heavy atom. The van der Waals surface area contributed by atoms with Crippen LogP contribution in [0.5, 0.6) is 5.75 Å². The summed E-state index contributed by atoms with van der Waals surface area (Å²) >= 11 is 0. The van der Waals surface area contributed by atoms with Crippen LogP contribution in [-0.4, -0.2) is 51.1 Å². The quantitative estimate of drug-likeness (QED) is 0.498. The highest BCUT2D eigenvalue weighted by molar-refractivity contribution is 7.92. The second-order valence-corrected chi connectivity index (χ2v) is 9.51. The molecule has 3 atom stereocenters. The molecular weight excluding hydrogens is 435 g/mol. The SMILES string of the molecule is COc1cncc(-c2ccc(C(CCS(=N)(=O)CC[C@H](N)C(=O)O)C(F)(F)F)cc2)c1. The second kappa shape index (κ2) is 10.1. The highest BCUT2D eigenvalue weighted by Crippen LogP contribution is 2.38. The number of benzene rings is 1. The first-order chi connectivity index (χ1) is 14.4. The van der Waals surface area contributed by atoms with E-state index in [1.165, 1.54) is 37.6 Å². The van der Waals surface area contributed by atoms with Gasteiger partial charge in [0.2, 0.25) is 0 Å². The molecule has 11 heteroatoms. The van der Waals surface area contributed by atoms with E-state index in [0.29, 0.717) is 16.9 Å². The second-order valence-electron chi connectivity index (χ2n) is 7.07. The fourth-order valence-electron chi connectivity index (χ4n) is 2.97. The number of carbonyl (C=O) groups is 1. The number of aliphatic carboxylic acids is 1. The van der Waals surface area contributed by atoms with Crippen LogP contribution in [0.3, 0.4) is 0 Å². The minimum atomic E-state index is -4.59. The third-order valence-electron chi connectivity index (χ3n) is 4.80. The summed E-state index contributed by atoms with van der Waals surface area (Å²) in [6.45, 7) is 0. The molecule has 0 aliphatic rings. The maximum atomic E-state index is 13.6. The van der Waals surface area contributed by atoms with Gasteiger partial charge in [-0.25, -0.2) is 4.21 Å². The van der Waals surface area contributed by atoms with Crippen molar-refractivity contribution in [3.05, 3.63) is 48.3 Å². The van der Waals surface area contributed by atoms with E-state index in [2.05, 4.69) is 4.98 Å². The lowest BCUT2D eigenvalue weighted by atomic mass is 9.94. The molecule has 0 saturated carbocycles. The summed E-state index contributed by atoms with van der Waals surface area (Å²) in [4.78, 5) is 14.7. The summed E-state index contributed by atoms with van der Waals surface area (Å²) in [7, 11) is -1.91. The van der Waals surface area contributed by atoms with Crippen LogP contribution in [0.1, 0.15) is 24.3 Å². The van der Waals surface area contributed by atoms with Crippen molar-refractivity contribution in [2.75, 3.05) is 18.6 Å². The van der Waals surface area contributed by atoms with Crippen molar-refractivity contribution < 1.29 is 32.0 Å². The molecule has 0 saturated heterocycles. The fraction of sp³-hybridized carbons (Fsp3) is 0.400. The van der Waals surface area contributed by atoms with Gasteiger partial charge in [0.25, 0.3) is 0 Å². The van der Waals surface area contributed by atoms with Gasteiger partial charge in [0.1, 0.15) is 11.8 Å². The predicted molar refractivity (Wildman–Crippen MR) is 110 cm³/mol. The molecule has 31 heavy (non-hydrogen) atoms. The highest BCUT2D eigenvalue weighted by Gasteiger charge is 2.40. The van der Waals surface area contributed by atoms with Gasteiger partial charge in [-0.2, -0.15) is 13.2 Å². The van der Waals surface area contributed by atoms with Crippen molar-refractivity contribution >= 4 is 15.7 Å². The molecule has 1 aromatic heterocycles.